The van der Waals surface area contributed by atoms with Crippen LogP contribution in [-0.2, 0) is 11.2 Å². The number of carboxylic acids is 1. The molecule has 1 aromatic heterocycles. The normalized spacial score (nSPS) is 20.7. The van der Waals surface area contributed by atoms with E-state index in [0.29, 0.717) is 16.6 Å². The van der Waals surface area contributed by atoms with Crippen LogP contribution in [0, 0.1) is 5.41 Å². The summed E-state index contributed by atoms with van der Waals surface area (Å²) in [5.74, 6) is -1.11. The van der Waals surface area contributed by atoms with Crippen molar-refractivity contribution in [3.8, 4) is 0 Å². The first-order valence-electron chi connectivity index (χ1n) is 10.9. The molecule has 1 unspecified atom stereocenters. The Labute approximate surface area is 187 Å². The lowest BCUT2D eigenvalue weighted by molar-refractivity contribution is 0.0695. The summed E-state index contributed by atoms with van der Waals surface area (Å²) in [6.45, 7) is 8.03. The van der Waals surface area contributed by atoms with Gasteiger partial charge in [-0.15, -0.1) is 11.3 Å². The highest BCUT2D eigenvalue weighted by Crippen LogP contribution is 2.49. The van der Waals surface area contributed by atoms with Crippen LogP contribution in [0.5, 0.6) is 0 Å². The molecule has 1 aliphatic carbocycles. The molecule has 1 fully saturated rings. The molecular weight excluding hydrogens is 412 g/mol. The predicted octanol–water partition coefficient (Wildman–Crippen LogP) is 5.37. The minimum Gasteiger partial charge on any atom is -0.478 e. The number of thiophene rings is 1. The summed E-state index contributed by atoms with van der Waals surface area (Å²) in [6, 6.07) is 7.72. The van der Waals surface area contributed by atoms with Crippen molar-refractivity contribution in [2.24, 2.45) is 5.41 Å². The van der Waals surface area contributed by atoms with Crippen molar-refractivity contribution < 1.29 is 19.4 Å². The van der Waals surface area contributed by atoms with E-state index in [9.17, 15) is 14.7 Å². The van der Waals surface area contributed by atoms with Crippen LogP contribution in [0.1, 0.15) is 77.1 Å². The molecular formula is C24H30N2O4S. The molecule has 7 heteroatoms. The third kappa shape index (κ3) is 4.77. The number of hydrogen-bond acceptors (Lipinski definition) is 5. The smallest absolute Gasteiger partial charge is 0.339 e. The first-order valence-corrected chi connectivity index (χ1v) is 11.7. The van der Waals surface area contributed by atoms with Gasteiger partial charge in [-0.05, 0) is 66.8 Å². The molecule has 1 amide bonds. The van der Waals surface area contributed by atoms with Crippen molar-refractivity contribution in [2.75, 3.05) is 23.8 Å². The maximum Gasteiger partial charge on any atom is 0.339 e. The van der Waals surface area contributed by atoms with E-state index in [2.05, 4.69) is 31.4 Å². The number of anilines is 2. The van der Waals surface area contributed by atoms with Gasteiger partial charge in [0.15, 0.2) is 0 Å². The van der Waals surface area contributed by atoms with Crippen molar-refractivity contribution in [3.05, 3.63) is 45.8 Å². The Balaban J connectivity index is 1.51. The zero-order valence-corrected chi connectivity index (χ0v) is 19.1. The van der Waals surface area contributed by atoms with Crippen LogP contribution in [0.15, 0.2) is 24.3 Å². The molecule has 2 aliphatic rings. The lowest BCUT2D eigenvalue weighted by atomic mass is 9.72. The second-order valence-electron chi connectivity index (χ2n) is 9.46. The summed E-state index contributed by atoms with van der Waals surface area (Å²) >= 11 is 1.41. The van der Waals surface area contributed by atoms with Crippen LogP contribution in [0.3, 0.4) is 0 Å². The van der Waals surface area contributed by atoms with Gasteiger partial charge in [0, 0.05) is 35.4 Å². The van der Waals surface area contributed by atoms with Crippen LogP contribution in [0.2, 0.25) is 0 Å². The Morgan fingerprint density at radius 1 is 1.16 bits per heavy atom. The number of nitrogens with one attached hydrogen (secondary N) is 2. The molecule has 166 valence electrons. The highest BCUT2D eigenvalue weighted by Gasteiger charge is 2.36. The standard InChI is InChI=1S/C24H30N2O4S/c1-14-12-24(2,3)13-18-19(14)20(23(28)29)22(31-18)26-21(27)15-4-6-16(7-5-15)25-17-8-10-30-11-9-17/h4-7,14,17,25H,8-13H2,1-3H3,(H,26,27)(H,28,29). The molecule has 1 saturated heterocycles. The van der Waals surface area contributed by atoms with E-state index in [4.69, 9.17) is 4.74 Å². The van der Waals surface area contributed by atoms with Gasteiger partial charge in [0.1, 0.15) is 5.00 Å². The molecule has 1 aliphatic heterocycles. The molecule has 0 saturated carbocycles. The average molecular weight is 443 g/mol. The summed E-state index contributed by atoms with van der Waals surface area (Å²) in [7, 11) is 0. The van der Waals surface area contributed by atoms with Crippen LogP contribution in [-0.4, -0.2) is 36.2 Å². The lowest BCUT2D eigenvalue weighted by Gasteiger charge is -2.33. The number of aromatic carboxylic acids is 1. The fourth-order valence-electron chi connectivity index (χ4n) is 4.85. The van der Waals surface area contributed by atoms with Gasteiger partial charge < -0.3 is 20.5 Å². The maximum absolute atomic E-state index is 12.9. The fraction of sp³-hybridized carbons (Fsp3) is 0.500. The molecule has 2 aromatic rings. The minimum absolute atomic E-state index is 0.127. The zero-order valence-electron chi connectivity index (χ0n) is 18.3. The summed E-state index contributed by atoms with van der Waals surface area (Å²) in [5.41, 5.74) is 2.75. The highest BCUT2D eigenvalue weighted by atomic mass is 32.1. The molecule has 0 bridgehead atoms. The quantitative estimate of drug-likeness (QED) is 0.580. The van der Waals surface area contributed by atoms with Gasteiger partial charge in [-0.2, -0.15) is 0 Å². The number of rotatable bonds is 5. The van der Waals surface area contributed by atoms with Gasteiger partial charge in [-0.25, -0.2) is 4.79 Å². The Morgan fingerprint density at radius 2 is 1.84 bits per heavy atom. The van der Waals surface area contributed by atoms with E-state index < -0.39 is 5.97 Å². The maximum atomic E-state index is 12.9. The molecule has 3 N–H and O–H groups in total. The zero-order chi connectivity index (χ0) is 22.2. The number of ether oxygens (including phenoxy) is 1. The second-order valence-corrected chi connectivity index (χ2v) is 10.6. The van der Waals surface area contributed by atoms with Crippen LogP contribution < -0.4 is 10.6 Å². The number of hydrogen-bond donors (Lipinski definition) is 3. The number of benzene rings is 1. The number of carboxylic acid groups (broad SMARTS) is 1. The number of amides is 1. The van der Waals surface area contributed by atoms with Gasteiger partial charge in [0.05, 0.1) is 5.56 Å². The van der Waals surface area contributed by atoms with E-state index in [-0.39, 0.29) is 22.8 Å². The largest absolute Gasteiger partial charge is 0.478 e. The van der Waals surface area contributed by atoms with Crippen molar-refractivity contribution >= 4 is 33.9 Å². The Morgan fingerprint density at radius 3 is 2.48 bits per heavy atom. The number of carbonyl (C=O) groups is 2. The second kappa shape index (κ2) is 8.63. The summed E-state index contributed by atoms with van der Waals surface area (Å²) in [5, 5.41) is 16.7. The third-order valence-electron chi connectivity index (χ3n) is 6.19. The lowest BCUT2D eigenvalue weighted by Crippen LogP contribution is -2.27. The topological polar surface area (TPSA) is 87.7 Å². The highest BCUT2D eigenvalue weighted by molar-refractivity contribution is 7.17. The molecule has 6 nitrogen and oxygen atoms in total. The predicted molar refractivity (Wildman–Crippen MR) is 124 cm³/mol. The first-order chi connectivity index (χ1) is 14.7. The monoisotopic (exact) mass is 442 g/mol. The molecule has 0 radical (unpaired) electrons. The minimum atomic E-state index is -0.977. The van der Waals surface area contributed by atoms with E-state index >= 15 is 0 Å². The van der Waals surface area contributed by atoms with E-state index in [1.165, 1.54) is 11.3 Å². The summed E-state index contributed by atoms with van der Waals surface area (Å²) in [6.07, 6.45) is 3.71. The van der Waals surface area contributed by atoms with Gasteiger partial charge in [0.2, 0.25) is 0 Å². The molecule has 1 atom stereocenters. The Kier molecular flexibility index (Phi) is 6.08. The summed E-state index contributed by atoms with van der Waals surface area (Å²) in [4.78, 5) is 26.0. The SMILES string of the molecule is CC1CC(C)(C)Cc2sc(NC(=O)c3ccc(NC4CCOCC4)cc3)c(C(=O)O)c21. The fourth-order valence-corrected chi connectivity index (χ4v) is 6.42. The van der Waals surface area contributed by atoms with Gasteiger partial charge >= 0.3 is 5.97 Å². The van der Waals surface area contributed by atoms with Crippen molar-refractivity contribution in [3.63, 3.8) is 0 Å². The van der Waals surface area contributed by atoms with Crippen LogP contribution in [0.25, 0.3) is 0 Å². The molecule has 4 rings (SSSR count). The molecule has 31 heavy (non-hydrogen) atoms. The van der Waals surface area contributed by atoms with Crippen molar-refractivity contribution in [2.45, 2.75) is 58.4 Å². The van der Waals surface area contributed by atoms with Crippen molar-refractivity contribution in [1.29, 1.82) is 0 Å². The van der Waals surface area contributed by atoms with E-state index in [1.54, 1.807) is 12.1 Å². The molecule has 0 spiro atoms. The van der Waals surface area contributed by atoms with E-state index in [0.717, 1.165) is 55.0 Å². The summed E-state index contributed by atoms with van der Waals surface area (Å²) < 4.78 is 5.39. The Hall–Kier alpha value is -2.38. The molecule has 1 aromatic carbocycles. The van der Waals surface area contributed by atoms with Crippen LogP contribution >= 0.6 is 11.3 Å². The number of carbonyl (C=O) groups excluding carboxylic acids is 1. The van der Waals surface area contributed by atoms with Gasteiger partial charge in [-0.3, -0.25) is 4.79 Å². The van der Waals surface area contributed by atoms with Gasteiger partial charge in [-0.1, -0.05) is 20.8 Å². The number of fused-ring (bicyclic) bond motifs is 1. The van der Waals surface area contributed by atoms with Gasteiger partial charge in [0.25, 0.3) is 5.91 Å². The third-order valence-corrected chi connectivity index (χ3v) is 7.31. The van der Waals surface area contributed by atoms with Crippen LogP contribution in [0.4, 0.5) is 10.7 Å². The average Bonchev–Trinajstić information content (AvgIpc) is 3.06. The first kappa shape index (κ1) is 21.8. The Bertz CT molecular complexity index is 974. The van der Waals surface area contributed by atoms with E-state index in [1.807, 2.05) is 12.1 Å². The van der Waals surface area contributed by atoms with Crippen molar-refractivity contribution in [1.82, 2.24) is 0 Å². The molecule has 2 heterocycles.